The van der Waals surface area contributed by atoms with E-state index in [9.17, 15) is 53.4 Å². The molecule has 12 N–H and O–H groups in total. The highest BCUT2D eigenvalue weighted by atomic mass is 16.4. The summed E-state index contributed by atoms with van der Waals surface area (Å²) in [7, 11) is 0. The highest BCUT2D eigenvalue weighted by molar-refractivity contribution is 5.97. The summed E-state index contributed by atoms with van der Waals surface area (Å²) in [5.74, 6) is -8.30. The topological polar surface area (TPSA) is 353 Å². The van der Waals surface area contributed by atoms with Crippen molar-refractivity contribution in [3.63, 3.8) is 0 Å². The van der Waals surface area contributed by atoms with Crippen LogP contribution in [0.5, 0.6) is 0 Å². The zero-order valence-electron chi connectivity index (χ0n) is 27.3. The Labute approximate surface area is 293 Å². The summed E-state index contributed by atoms with van der Waals surface area (Å²) in [4.78, 5) is 115. The summed E-state index contributed by atoms with van der Waals surface area (Å²) in [6.45, 7) is 0.420. The Kier molecular flexibility index (Phi) is 14.0. The third-order valence-corrected chi connectivity index (χ3v) is 7.71. The second kappa shape index (κ2) is 18.3. The molecule has 3 rings (SSSR count). The second-order valence-electron chi connectivity index (χ2n) is 11.4. The summed E-state index contributed by atoms with van der Waals surface area (Å²) >= 11 is 0. The van der Waals surface area contributed by atoms with Gasteiger partial charge in [-0.1, -0.05) is 0 Å². The summed E-state index contributed by atoms with van der Waals surface area (Å²) in [6.07, 6.45) is -2.40. The summed E-state index contributed by atoms with van der Waals surface area (Å²) < 4.78 is 0. The van der Waals surface area contributed by atoms with E-state index in [0.717, 1.165) is 0 Å². The Hall–Kier alpha value is -6.74. The first-order valence-corrected chi connectivity index (χ1v) is 15.6. The Morgan fingerprint density at radius 1 is 0.846 bits per heavy atom. The summed E-state index contributed by atoms with van der Waals surface area (Å²) in [5.41, 5.74) is 5.55. The van der Waals surface area contributed by atoms with Crippen LogP contribution >= 0.6 is 0 Å². The Morgan fingerprint density at radius 3 is 1.87 bits per heavy atom. The van der Waals surface area contributed by atoms with E-state index in [1.54, 1.807) is 0 Å². The van der Waals surface area contributed by atoms with Crippen molar-refractivity contribution in [1.29, 1.82) is 0 Å². The number of anilines is 4. The molecule has 0 bridgehead atoms. The van der Waals surface area contributed by atoms with Gasteiger partial charge in [0, 0.05) is 43.6 Å². The summed E-state index contributed by atoms with van der Waals surface area (Å²) in [5, 5.41) is 49.5. The molecule has 1 aliphatic heterocycles. The molecule has 2 aromatic rings. The number of H-pyrrole nitrogens is 1. The van der Waals surface area contributed by atoms with Gasteiger partial charge in [0.2, 0.25) is 24.2 Å². The van der Waals surface area contributed by atoms with Gasteiger partial charge < -0.3 is 57.6 Å². The van der Waals surface area contributed by atoms with Crippen LogP contribution < -0.4 is 42.8 Å². The quantitative estimate of drug-likeness (QED) is 0.0654. The number of benzene rings is 1. The number of fused-ring (bicyclic) bond motifs is 1. The van der Waals surface area contributed by atoms with Crippen LogP contribution in [0.4, 0.5) is 23.1 Å². The molecule has 22 nitrogen and oxygen atoms in total. The first kappa shape index (κ1) is 39.7. The molecule has 280 valence electrons. The number of carboxylic acids is 4. The van der Waals surface area contributed by atoms with Crippen molar-refractivity contribution in [2.75, 3.05) is 34.4 Å². The standard InChI is InChI=1S/C30H37N9O13/c31-30-37-24-23(26(46)38-30)39(13-40)16(12-33-24)11-32-15-3-1-14(2-4-15)25(45)36-19(29(51)52)6-9-21(42)34-17(27(47)48)5-8-20(41)35-18(28(49)50)7-10-22(43)44/h1-4,13,16-19,32H,5-12H2,(H,34,42)(H,35,41)(H,36,45)(H,43,44)(H,47,48)(H,49,50)(H,51,52)(H4,31,33,37,38,46)/t16-,17-,18-,19-/m0/s1. The molecule has 0 spiro atoms. The zero-order valence-corrected chi connectivity index (χ0v) is 27.3. The molecular formula is C30H37N9O13. The SMILES string of the molecule is Nc1nc2c(c(=O)[nH]1)N(C=O)[C@@H](CNc1ccc(C(=O)N[C@@H](CCC(=O)N[C@@H](CCC(=O)N[C@@H](CCC(=O)O)C(=O)O)C(=O)O)C(=O)O)cc1)CN2. The van der Waals surface area contributed by atoms with Gasteiger partial charge in [0.05, 0.1) is 6.04 Å². The molecule has 4 atom stereocenters. The van der Waals surface area contributed by atoms with E-state index in [4.69, 9.17) is 15.9 Å². The van der Waals surface area contributed by atoms with E-state index in [1.165, 1.54) is 29.2 Å². The molecular weight excluding hydrogens is 694 g/mol. The van der Waals surface area contributed by atoms with Gasteiger partial charge in [0.25, 0.3) is 11.5 Å². The molecule has 2 heterocycles. The van der Waals surface area contributed by atoms with Crippen molar-refractivity contribution in [2.45, 2.75) is 62.7 Å². The van der Waals surface area contributed by atoms with Gasteiger partial charge in [0.15, 0.2) is 11.5 Å². The molecule has 0 saturated heterocycles. The number of nitrogens with two attached hydrogens (primary N) is 1. The van der Waals surface area contributed by atoms with Gasteiger partial charge in [-0.3, -0.25) is 33.8 Å². The van der Waals surface area contributed by atoms with Crippen LogP contribution in [0.25, 0.3) is 0 Å². The van der Waals surface area contributed by atoms with Crippen LogP contribution in [0.2, 0.25) is 0 Å². The number of aromatic nitrogens is 2. The van der Waals surface area contributed by atoms with Gasteiger partial charge in [-0.15, -0.1) is 0 Å². The average molecular weight is 732 g/mol. The fraction of sp³-hybridized carbons (Fsp3) is 0.400. The van der Waals surface area contributed by atoms with Gasteiger partial charge in [-0.25, -0.2) is 14.4 Å². The lowest BCUT2D eigenvalue weighted by molar-refractivity contribution is -0.144. The molecule has 52 heavy (non-hydrogen) atoms. The van der Waals surface area contributed by atoms with Crippen molar-refractivity contribution in [1.82, 2.24) is 25.9 Å². The largest absolute Gasteiger partial charge is 0.481 e. The molecule has 22 heteroatoms. The molecule has 0 aliphatic carbocycles. The molecule has 1 aliphatic rings. The van der Waals surface area contributed by atoms with Crippen molar-refractivity contribution in [2.24, 2.45) is 0 Å². The number of rotatable bonds is 20. The maximum atomic E-state index is 12.8. The number of nitrogens with zero attached hydrogens (tertiary/aromatic N) is 2. The van der Waals surface area contributed by atoms with Crippen molar-refractivity contribution >= 4 is 71.1 Å². The number of carboxylic acid groups (broad SMARTS) is 4. The zero-order chi connectivity index (χ0) is 38.5. The smallest absolute Gasteiger partial charge is 0.326 e. The number of amides is 4. The van der Waals surface area contributed by atoms with Crippen molar-refractivity contribution in [3.05, 3.63) is 40.2 Å². The highest BCUT2D eigenvalue weighted by Crippen LogP contribution is 2.25. The maximum Gasteiger partial charge on any atom is 0.326 e. The fourth-order valence-electron chi connectivity index (χ4n) is 4.99. The van der Waals surface area contributed by atoms with E-state index in [2.05, 4.69) is 36.6 Å². The van der Waals surface area contributed by atoms with Crippen molar-refractivity contribution in [3.8, 4) is 0 Å². The second-order valence-corrected chi connectivity index (χ2v) is 11.4. The number of nitrogens with one attached hydrogen (secondary N) is 6. The van der Waals surface area contributed by atoms with Crippen LogP contribution in [-0.4, -0.2) is 116 Å². The molecule has 1 aromatic carbocycles. The minimum Gasteiger partial charge on any atom is -0.481 e. The van der Waals surface area contributed by atoms with Gasteiger partial charge in [0.1, 0.15) is 18.1 Å². The van der Waals surface area contributed by atoms with E-state index in [0.29, 0.717) is 12.1 Å². The average Bonchev–Trinajstić information content (AvgIpc) is 3.08. The maximum absolute atomic E-state index is 12.8. The fourth-order valence-corrected chi connectivity index (χ4v) is 4.99. The number of carbonyl (C=O) groups is 8. The number of nitrogen functional groups attached to an aromatic ring is 1. The first-order valence-electron chi connectivity index (χ1n) is 15.6. The summed E-state index contributed by atoms with van der Waals surface area (Å²) in [6, 6.07) is 0.651. The Morgan fingerprint density at radius 2 is 1.37 bits per heavy atom. The predicted octanol–water partition coefficient (Wildman–Crippen LogP) is -2.03. The van der Waals surface area contributed by atoms with Gasteiger partial charge in [-0.05, 0) is 43.5 Å². The molecule has 1 aromatic heterocycles. The molecule has 0 radical (unpaired) electrons. The Bertz CT molecular complexity index is 1750. The van der Waals surface area contributed by atoms with E-state index >= 15 is 0 Å². The van der Waals surface area contributed by atoms with Crippen LogP contribution in [0, 0.1) is 0 Å². The van der Waals surface area contributed by atoms with Crippen LogP contribution in [0.1, 0.15) is 48.9 Å². The number of hydrogen-bond donors (Lipinski definition) is 11. The van der Waals surface area contributed by atoms with E-state index < -0.39 is 110 Å². The number of aromatic amines is 1. The number of aliphatic carboxylic acids is 4. The normalized spacial score (nSPS) is 15.0. The van der Waals surface area contributed by atoms with E-state index in [-0.39, 0.29) is 36.1 Å². The third kappa shape index (κ3) is 11.4. The monoisotopic (exact) mass is 731 g/mol. The Balaban J connectivity index is 1.49. The van der Waals surface area contributed by atoms with Gasteiger partial charge in [-0.2, -0.15) is 4.98 Å². The lowest BCUT2D eigenvalue weighted by Crippen LogP contribution is -2.50. The molecule has 0 saturated carbocycles. The van der Waals surface area contributed by atoms with Gasteiger partial charge >= 0.3 is 23.9 Å². The molecule has 0 unspecified atom stereocenters. The lowest BCUT2D eigenvalue weighted by Gasteiger charge is -2.34. The minimum atomic E-state index is -1.60. The first-order chi connectivity index (χ1) is 24.6. The third-order valence-electron chi connectivity index (χ3n) is 7.71. The predicted molar refractivity (Wildman–Crippen MR) is 178 cm³/mol. The van der Waals surface area contributed by atoms with E-state index in [1.807, 2.05) is 0 Å². The lowest BCUT2D eigenvalue weighted by atomic mass is 10.1. The highest BCUT2D eigenvalue weighted by Gasteiger charge is 2.30. The number of carbonyl (C=O) groups excluding carboxylic acids is 4. The molecule has 4 amide bonds. The van der Waals surface area contributed by atoms with Crippen molar-refractivity contribution < 1.29 is 58.8 Å². The van der Waals surface area contributed by atoms with Crippen LogP contribution in [0.3, 0.4) is 0 Å². The number of hydrogen-bond acceptors (Lipinski definition) is 13. The van der Waals surface area contributed by atoms with Crippen LogP contribution in [-0.2, 0) is 33.6 Å². The minimum absolute atomic E-state index is 0.00558. The van der Waals surface area contributed by atoms with Crippen LogP contribution in [0.15, 0.2) is 29.1 Å². The molecule has 0 fully saturated rings.